The van der Waals surface area contributed by atoms with Crippen LogP contribution in [0.25, 0.3) is 11.3 Å². The number of rotatable bonds is 8. The number of thiazole rings is 1. The molecule has 1 atom stereocenters. The highest BCUT2D eigenvalue weighted by molar-refractivity contribution is 7.14. The van der Waals surface area contributed by atoms with Gasteiger partial charge in [-0.25, -0.2) is 4.98 Å². The summed E-state index contributed by atoms with van der Waals surface area (Å²) >= 11 is 1.44. The lowest BCUT2D eigenvalue weighted by atomic mass is 10.0. The van der Waals surface area contributed by atoms with E-state index in [0.717, 1.165) is 24.1 Å². The zero-order valence-corrected chi connectivity index (χ0v) is 16.7. The second kappa shape index (κ2) is 9.48. The zero-order chi connectivity index (χ0) is 19.1. The molecule has 2 amide bonds. The highest BCUT2D eigenvalue weighted by atomic mass is 32.1. The van der Waals surface area contributed by atoms with Gasteiger partial charge in [0.2, 0.25) is 11.8 Å². The monoisotopic (exact) mass is 373 g/mol. The first-order valence-corrected chi connectivity index (χ1v) is 9.83. The second-order valence-corrected chi connectivity index (χ2v) is 7.88. The van der Waals surface area contributed by atoms with Gasteiger partial charge in [0.1, 0.15) is 0 Å². The van der Waals surface area contributed by atoms with Gasteiger partial charge in [0, 0.05) is 30.3 Å². The number of nitrogens with one attached hydrogen (secondary N) is 2. The number of amides is 2. The zero-order valence-electron chi connectivity index (χ0n) is 15.8. The predicted octanol–water partition coefficient (Wildman–Crippen LogP) is 4.25. The summed E-state index contributed by atoms with van der Waals surface area (Å²) in [5, 5.41) is 8.35. The fourth-order valence-electron chi connectivity index (χ4n) is 2.65. The Morgan fingerprint density at radius 1 is 1.15 bits per heavy atom. The number of carbonyl (C=O) groups is 2. The highest BCUT2D eigenvalue weighted by Gasteiger charge is 2.10. The van der Waals surface area contributed by atoms with Crippen LogP contribution in [0.3, 0.4) is 0 Å². The van der Waals surface area contributed by atoms with Gasteiger partial charge in [-0.05, 0) is 31.2 Å². The average molecular weight is 374 g/mol. The lowest BCUT2D eigenvalue weighted by Crippen LogP contribution is -2.30. The van der Waals surface area contributed by atoms with Crippen LogP contribution >= 0.6 is 11.3 Å². The van der Waals surface area contributed by atoms with Gasteiger partial charge in [-0.3, -0.25) is 9.59 Å². The fourth-order valence-corrected chi connectivity index (χ4v) is 3.39. The standard InChI is InChI=1S/C20H27N3O2S/c1-13(2)11-19(25)23-20-22-18(12-26-20)17-9-7-16(8-10-17)6-5-14(3)21-15(4)24/h7-10,12-14H,5-6,11H2,1-4H3,(H,21,24)(H,22,23,25). The molecular formula is C20H27N3O2S. The molecule has 0 saturated carbocycles. The molecule has 2 N–H and O–H groups in total. The van der Waals surface area contributed by atoms with E-state index < -0.39 is 0 Å². The van der Waals surface area contributed by atoms with Gasteiger partial charge in [-0.15, -0.1) is 11.3 Å². The van der Waals surface area contributed by atoms with Crippen LogP contribution in [0.2, 0.25) is 0 Å². The predicted molar refractivity (Wildman–Crippen MR) is 107 cm³/mol. The molecule has 140 valence electrons. The third-order valence-electron chi connectivity index (χ3n) is 3.91. The van der Waals surface area contributed by atoms with E-state index in [4.69, 9.17) is 0 Å². The summed E-state index contributed by atoms with van der Waals surface area (Å²) in [6.07, 6.45) is 2.32. The molecule has 1 aromatic carbocycles. The highest BCUT2D eigenvalue weighted by Crippen LogP contribution is 2.25. The fraction of sp³-hybridized carbons (Fsp3) is 0.450. The van der Waals surface area contributed by atoms with E-state index in [9.17, 15) is 9.59 Å². The van der Waals surface area contributed by atoms with Crippen LogP contribution in [-0.4, -0.2) is 22.8 Å². The molecular weight excluding hydrogens is 346 g/mol. The summed E-state index contributed by atoms with van der Waals surface area (Å²) in [6, 6.07) is 8.45. The van der Waals surface area contributed by atoms with Crippen molar-refractivity contribution in [2.45, 2.75) is 53.0 Å². The number of hydrogen-bond acceptors (Lipinski definition) is 4. The van der Waals surface area contributed by atoms with Gasteiger partial charge in [-0.1, -0.05) is 38.1 Å². The summed E-state index contributed by atoms with van der Waals surface area (Å²) < 4.78 is 0. The maximum atomic E-state index is 11.8. The Kier molecular flexibility index (Phi) is 7.33. The number of benzene rings is 1. The molecule has 1 aromatic heterocycles. The topological polar surface area (TPSA) is 71.1 Å². The van der Waals surface area contributed by atoms with Crippen LogP contribution in [0.1, 0.15) is 46.1 Å². The van der Waals surface area contributed by atoms with Crippen LogP contribution in [0.15, 0.2) is 29.6 Å². The van der Waals surface area contributed by atoms with E-state index >= 15 is 0 Å². The second-order valence-electron chi connectivity index (χ2n) is 7.02. The third kappa shape index (κ3) is 6.59. The largest absolute Gasteiger partial charge is 0.354 e. The number of nitrogens with zero attached hydrogens (tertiary/aromatic N) is 1. The first-order valence-electron chi connectivity index (χ1n) is 8.95. The van der Waals surface area contributed by atoms with Gasteiger partial charge < -0.3 is 10.6 Å². The Labute approximate surface area is 159 Å². The quantitative estimate of drug-likeness (QED) is 0.726. The van der Waals surface area contributed by atoms with Gasteiger partial charge in [0.25, 0.3) is 0 Å². The van der Waals surface area contributed by atoms with Gasteiger partial charge in [-0.2, -0.15) is 0 Å². The van der Waals surface area contributed by atoms with Crippen LogP contribution in [0.5, 0.6) is 0 Å². The van der Waals surface area contributed by atoms with E-state index in [1.165, 1.54) is 16.9 Å². The minimum Gasteiger partial charge on any atom is -0.354 e. The summed E-state index contributed by atoms with van der Waals surface area (Å²) in [4.78, 5) is 27.4. The summed E-state index contributed by atoms with van der Waals surface area (Å²) in [6.45, 7) is 7.59. The van der Waals surface area contributed by atoms with Crippen molar-refractivity contribution in [1.29, 1.82) is 0 Å². The third-order valence-corrected chi connectivity index (χ3v) is 4.67. The van der Waals surface area contributed by atoms with E-state index in [-0.39, 0.29) is 17.9 Å². The maximum absolute atomic E-state index is 11.8. The average Bonchev–Trinajstić information content (AvgIpc) is 3.00. The number of hydrogen-bond donors (Lipinski definition) is 2. The first-order chi connectivity index (χ1) is 12.3. The van der Waals surface area contributed by atoms with Crippen molar-refractivity contribution < 1.29 is 9.59 Å². The molecule has 0 bridgehead atoms. The van der Waals surface area contributed by atoms with Crippen LogP contribution in [0.4, 0.5) is 5.13 Å². The van der Waals surface area contributed by atoms with Crippen LogP contribution < -0.4 is 10.6 Å². The SMILES string of the molecule is CC(=O)NC(C)CCc1ccc(-c2csc(NC(=O)CC(C)C)n2)cc1. The molecule has 0 aliphatic rings. The Hall–Kier alpha value is -2.21. The summed E-state index contributed by atoms with van der Waals surface area (Å²) in [5.74, 6) is 0.340. The smallest absolute Gasteiger partial charge is 0.226 e. The van der Waals surface area contributed by atoms with Crippen LogP contribution in [0, 0.1) is 5.92 Å². The first kappa shape index (κ1) is 20.1. The minimum absolute atomic E-state index is 0.00420. The molecule has 5 nitrogen and oxygen atoms in total. The molecule has 2 rings (SSSR count). The van der Waals surface area contributed by atoms with Crippen molar-refractivity contribution in [3.05, 3.63) is 35.2 Å². The van der Waals surface area contributed by atoms with Crippen molar-refractivity contribution in [2.75, 3.05) is 5.32 Å². The molecule has 0 aliphatic carbocycles. The molecule has 2 aromatic rings. The molecule has 26 heavy (non-hydrogen) atoms. The van der Waals surface area contributed by atoms with Crippen molar-refractivity contribution >= 4 is 28.3 Å². The normalized spacial score (nSPS) is 12.0. The molecule has 0 radical (unpaired) electrons. The lowest BCUT2D eigenvalue weighted by Gasteiger charge is -2.12. The van der Waals surface area contributed by atoms with Crippen molar-refractivity contribution in [2.24, 2.45) is 5.92 Å². The molecule has 1 heterocycles. The summed E-state index contributed by atoms with van der Waals surface area (Å²) in [5.41, 5.74) is 3.13. The lowest BCUT2D eigenvalue weighted by molar-refractivity contribution is -0.119. The van der Waals surface area contributed by atoms with E-state index in [1.54, 1.807) is 6.92 Å². The molecule has 1 unspecified atom stereocenters. The summed E-state index contributed by atoms with van der Waals surface area (Å²) in [7, 11) is 0. The molecule has 0 aliphatic heterocycles. The van der Waals surface area contributed by atoms with Crippen molar-refractivity contribution in [3.8, 4) is 11.3 Å². The molecule has 6 heteroatoms. The minimum atomic E-state index is 0.00420. The molecule has 0 spiro atoms. The maximum Gasteiger partial charge on any atom is 0.226 e. The van der Waals surface area contributed by atoms with Crippen molar-refractivity contribution in [3.63, 3.8) is 0 Å². The van der Waals surface area contributed by atoms with E-state index in [2.05, 4.69) is 27.8 Å². The Balaban J connectivity index is 1.92. The number of carbonyl (C=O) groups excluding carboxylic acids is 2. The Morgan fingerprint density at radius 3 is 2.46 bits per heavy atom. The Bertz CT molecular complexity index is 738. The number of anilines is 1. The van der Waals surface area contributed by atoms with Crippen molar-refractivity contribution in [1.82, 2.24) is 10.3 Å². The number of aromatic nitrogens is 1. The van der Waals surface area contributed by atoms with Crippen LogP contribution in [-0.2, 0) is 16.0 Å². The van der Waals surface area contributed by atoms with E-state index in [1.807, 2.05) is 38.3 Å². The molecule has 0 saturated heterocycles. The Morgan fingerprint density at radius 2 is 1.85 bits per heavy atom. The van der Waals surface area contributed by atoms with Gasteiger partial charge >= 0.3 is 0 Å². The van der Waals surface area contributed by atoms with Gasteiger partial charge in [0.05, 0.1) is 5.69 Å². The molecule has 0 fully saturated rings. The van der Waals surface area contributed by atoms with E-state index in [0.29, 0.717) is 17.5 Å². The van der Waals surface area contributed by atoms with Gasteiger partial charge in [0.15, 0.2) is 5.13 Å². The number of aryl methyl sites for hydroxylation is 1.